The number of carbonyl (C=O) groups is 2. The summed E-state index contributed by atoms with van der Waals surface area (Å²) < 4.78 is 13.3. The lowest BCUT2D eigenvalue weighted by Crippen LogP contribution is -2.35. The number of likely N-dealkylation sites (tertiary alicyclic amines) is 1. The summed E-state index contributed by atoms with van der Waals surface area (Å²) in [5.74, 6) is 0.639. The predicted molar refractivity (Wildman–Crippen MR) is 101 cm³/mol. The number of aromatic nitrogens is 2. The van der Waals surface area contributed by atoms with E-state index in [-0.39, 0.29) is 30.0 Å². The van der Waals surface area contributed by atoms with Gasteiger partial charge in [0.25, 0.3) is 0 Å². The lowest BCUT2D eigenvalue weighted by molar-refractivity contribution is -0.130. The summed E-state index contributed by atoms with van der Waals surface area (Å²) in [6.07, 6.45) is 3.59. The Morgan fingerprint density at radius 2 is 2.11 bits per heavy atom. The maximum Gasteiger partial charge on any atom is 0.227 e. The van der Waals surface area contributed by atoms with Crippen LogP contribution in [0.1, 0.15) is 41.9 Å². The highest BCUT2D eigenvalue weighted by molar-refractivity contribution is 5.79. The van der Waals surface area contributed by atoms with Crippen molar-refractivity contribution in [3.63, 3.8) is 0 Å². The summed E-state index contributed by atoms with van der Waals surface area (Å²) >= 11 is 0. The van der Waals surface area contributed by atoms with Gasteiger partial charge in [0.1, 0.15) is 11.6 Å². The molecule has 1 atom stereocenters. The predicted octanol–water partition coefficient (Wildman–Crippen LogP) is 2.08. The van der Waals surface area contributed by atoms with E-state index in [1.807, 2.05) is 11.1 Å². The topological polar surface area (TPSA) is 66.4 Å². The maximum atomic E-state index is 13.3. The molecule has 2 aliphatic heterocycles. The Balaban J connectivity index is 1.40. The number of hydrogen-bond donors (Lipinski definition) is 0. The second-order valence-electron chi connectivity index (χ2n) is 7.52. The molecule has 28 heavy (non-hydrogen) atoms. The molecular formula is C21H23FN4O2. The van der Waals surface area contributed by atoms with Crippen LogP contribution in [0.3, 0.4) is 0 Å². The minimum Gasteiger partial charge on any atom is -0.342 e. The standard InChI is InChI=1S/C21H23FN4O2/c1-14(27)25-8-6-19-17(13-25)11-23-21(24-19)16-5-7-26(12-16)20(28)10-15-3-2-4-18(22)9-15/h2-4,9,11,16H,5-8,10,12-13H2,1H3. The third-order valence-corrected chi connectivity index (χ3v) is 5.55. The van der Waals surface area contributed by atoms with Gasteiger partial charge >= 0.3 is 0 Å². The molecular weight excluding hydrogens is 359 g/mol. The minimum atomic E-state index is -0.324. The molecule has 7 heteroatoms. The Labute approximate surface area is 163 Å². The summed E-state index contributed by atoms with van der Waals surface area (Å²) in [6.45, 7) is 4.08. The van der Waals surface area contributed by atoms with E-state index >= 15 is 0 Å². The molecule has 3 heterocycles. The molecule has 1 fully saturated rings. The van der Waals surface area contributed by atoms with Gasteiger partial charge < -0.3 is 9.80 Å². The fourth-order valence-corrected chi connectivity index (χ4v) is 3.93. The zero-order valence-electron chi connectivity index (χ0n) is 15.9. The second kappa shape index (κ2) is 7.66. The molecule has 0 saturated carbocycles. The van der Waals surface area contributed by atoms with Gasteiger partial charge in [-0.2, -0.15) is 0 Å². The van der Waals surface area contributed by atoms with Crippen LogP contribution in [0, 0.1) is 5.82 Å². The van der Waals surface area contributed by atoms with Crippen molar-refractivity contribution in [3.8, 4) is 0 Å². The third kappa shape index (κ3) is 3.88. The van der Waals surface area contributed by atoms with E-state index in [0.717, 1.165) is 29.9 Å². The number of hydrogen-bond acceptors (Lipinski definition) is 4. The fourth-order valence-electron chi connectivity index (χ4n) is 3.93. The van der Waals surface area contributed by atoms with Crippen molar-refractivity contribution < 1.29 is 14.0 Å². The van der Waals surface area contributed by atoms with E-state index in [0.29, 0.717) is 31.7 Å². The van der Waals surface area contributed by atoms with Crippen molar-refractivity contribution in [2.45, 2.75) is 38.6 Å². The molecule has 0 bridgehead atoms. The largest absolute Gasteiger partial charge is 0.342 e. The molecule has 2 amide bonds. The molecule has 146 valence electrons. The zero-order valence-corrected chi connectivity index (χ0v) is 15.9. The highest BCUT2D eigenvalue weighted by atomic mass is 19.1. The first-order chi connectivity index (χ1) is 13.5. The molecule has 1 aromatic heterocycles. The van der Waals surface area contributed by atoms with Crippen molar-refractivity contribution in [2.24, 2.45) is 0 Å². The van der Waals surface area contributed by atoms with Crippen molar-refractivity contribution in [1.82, 2.24) is 19.8 Å². The van der Waals surface area contributed by atoms with Crippen LogP contribution in [0.25, 0.3) is 0 Å². The average Bonchev–Trinajstić information content (AvgIpc) is 3.17. The first kappa shape index (κ1) is 18.5. The number of fused-ring (bicyclic) bond motifs is 1. The van der Waals surface area contributed by atoms with Gasteiger partial charge in [0.2, 0.25) is 11.8 Å². The third-order valence-electron chi connectivity index (χ3n) is 5.55. The summed E-state index contributed by atoms with van der Waals surface area (Å²) in [7, 11) is 0. The summed E-state index contributed by atoms with van der Waals surface area (Å²) in [5, 5.41) is 0. The van der Waals surface area contributed by atoms with Gasteiger partial charge in [-0.25, -0.2) is 14.4 Å². The average molecular weight is 382 g/mol. The number of rotatable bonds is 3. The van der Waals surface area contributed by atoms with Gasteiger partial charge in [-0.1, -0.05) is 12.1 Å². The quantitative estimate of drug-likeness (QED) is 0.815. The molecule has 0 N–H and O–H groups in total. The number of halogens is 1. The molecule has 2 aromatic rings. The van der Waals surface area contributed by atoms with Crippen LogP contribution < -0.4 is 0 Å². The Hall–Kier alpha value is -2.83. The van der Waals surface area contributed by atoms with Crippen LogP contribution in [0.4, 0.5) is 4.39 Å². The van der Waals surface area contributed by atoms with E-state index in [1.54, 1.807) is 24.0 Å². The van der Waals surface area contributed by atoms with E-state index in [1.165, 1.54) is 12.1 Å². The van der Waals surface area contributed by atoms with Gasteiger partial charge in [-0.3, -0.25) is 9.59 Å². The number of benzene rings is 1. The van der Waals surface area contributed by atoms with E-state index in [9.17, 15) is 14.0 Å². The monoisotopic (exact) mass is 382 g/mol. The van der Waals surface area contributed by atoms with Gasteiger partial charge in [-0.05, 0) is 24.1 Å². The van der Waals surface area contributed by atoms with Crippen LogP contribution in [0.5, 0.6) is 0 Å². The number of amides is 2. The molecule has 1 aromatic carbocycles. The Morgan fingerprint density at radius 3 is 2.89 bits per heavy atom. The van der Waals surface area contributed by atoms with Gasteiger partial charge in [0.05, 0.1) is 12.1 Å². The fraction of sp³-hybridized carbons (Fsp3) is 0.429. The van der Waals surface area contributed by atoms with Crippen LogP contribution in [0.15, 0.2) is 30.5 Å². The van der Waals surface area contributed by atoms with Gasteiger partial charge in [-0.15, -0.1) is 0 Å². The molecule has 1 unspecified atom stereocenters. The van der Waals surface area contributed by atoms with Crippen LogP contribution >= 0.6 is 0 Å². The van der Waals surface area contributed by atoms with Crippen molar-refractivity contribution in [3.05, 3.63) is 58.9 Å². The van der Waals surface area contributed by atoms with Gasteiger partial charge in [0.15, 0.2) is 0 Å². The van der Waals surface area contributed by atoms with Gasteiger partial charge in [0, 0.05) is 57.2 Å². The molecule has 0 aliphatic carbocycles. The molecule has 0 radical (unpaired) electrons. The van der Waals surface area contributed by atoms with Crippen molar-refractivity contribution in [1.29, 1.82) is 0 Å². The Bertz CT molecular complexity index is 917. The molecule has 0 spiro atoms. The van der Waals surface area contributed by atoms with Crippen molar-refractivity contribution in [2.75, 3.05) is 19.6 Å². The van der Waals surface area contributed by atoms with E-state index in [2.05, 4.69) is 4.98 Å². The van der Waals surface area contributed by atoms with Crippen LogP contribution in [-0.4, -0.2) is 51.2 Å². The lowest BCUT2D eigenvalue weighted by Gasteiger charge is -2.27. The highest BCUT2D eigenvalue weighted by Crippen LogP contribution is 2.27. The van der Waals surface area contributed by atoms with E-state index < -0.39 is 0 Å². The van der Waals surface area contributed by atoms with Crippen LogP contribution in [0.2, 0.25) is 0 Å². The molecule has 4 rings (SSSR count). The highest BCUT2D eigenvalue weighted by Gasteiger charge is 2.30. The number of carbonyl (C=O) groups excluding carboxylic acids is 2. The van der Waals surface area contributed by atoms with Crippen molar-refractivity contribution >= 4 is 11.8 Å². The summed E-state index contributed by atoms with van der Waals surface area (Å²) in [4.78, 5) is 37.0. The first-order valence-electron chi connectivity index (χ1n) is 9.62. The summed E-state index contributed by atoms with van der Waals surface area (Å²) in [6, 6.07) is 6.18. The SMILES string of the molecule is CC(=O)N1CCc2nc(C3CCN(C(=O)Cc4cccc(F)c4)C3)ncc2C1. The lowest BCUT2D eigenvalue weighted by atomic mass is 10.0. The minimum absolute atomic E-state index is 0.00293. The van der Waals surface area contributed by atoms with Crippen LogP contribution in [-0.2, 0) is 29.0 Å². The Kier molecular flexibility index (Phi) is 5.07. The normalized spacial score (nSPS) is 18.9. The molecule has 2 aliphatic rings. The maximum absolute atomic E-state index is 13.3. The Morgan fingerprint density at radius 1 is 1.25 bits per heavy atom. The summed E-state index contributed by atoms with van der Waals surface area (Å²) in [5.41, 5.74) is 2.70. The molecule has 1 saturated heterocycles. The zero-order chi connectivity index (χ0) is 19.7. The number of nitrogens with zero attached hydrogens (tertiary/aromatic N) is 4. The smallest absolute Gasteiger partial charge is 0.227 e. The second-order valence-corrected chi connectivity index (χ2v) is 7.52. The van der Waals surface area contributed by atoms with E-state index in [4.69, 9.17) is 4.98 Å². The first-order valence-corrected chi connectivity index (χ1v) is 9.62. The molecule has 6 nitrogen and oxygen atoms in total.